The van der Waals surface area contributed by atoms with Gasteiger partial charge in [0.25, 0.3) is 0 Å². The summed E-state index contributed by atoms with van der Waals surface area (Å²) in [7, 11) is 0. The fourth-order valence-corrected chi connectivity index (χ4v) is 3.18. The van der Waals surface area contributed by atoms with Gasteiger partial charge in [-0.25, -0.2) is 0 Å². The summed E-state index contributed by atoms with van der Waals surface area (Å²) in [6.07, 6.45) is 11.1. The van der Waals surface area contributed by atoms with E-state index in [9.17, 15) is 0 Å². The van der Waals surface area contributed by atoms with Crippen molar-refractivity contribution in [2.45, 2.75) is 44.1 Å². The molecule has 2 nitrogen and oxygen atoms in total. The van der Waals surface area contributed by atoms with Crippen LogP contribution in [0.5, 0.6) is 0 Å². The molecular weight excluding hydrogens is 220 g/mol. The van der Waals surface area contributed by atoms with Crippen molar-refractivity contribution in [3.05, 3.63) is 42.2 Å². The number of nitrogens with zero attached hydrogens (tertiary/aromatic N) is 1. The van der Waals surface area contributed by atoms with Gasteiger partial charge in [-0.2, -0.15) is 0 Å². The Morgan fingerprint density at radius 3 is 2.56 bits per heavy atom. The van der Waals surface area contributed by atoms with E-state index >= 15 is 0 Å². The Morgan fingerprint density at radius 1 is 1.00 bits per heavy atom. The molecule has 3 rings (SSSR count). The van der Waals surface area contributed by atoms with Crippen molar-refractivity contribution in [1.82, 2.24) is 4.98 Å². The van der Waals surface area contributed by atoms with Gasteiger partial charge in [-0.15, -0.1) is 0 Å². The predicted molar refractivity (Wildman–Crippen MR) is 75.3 cm³/mol. The van der Waals surface area contributed by atoms with Crippen LogP contribution in [0.15, 0.2) is 36.7 Å². The highest BCUT2D eigenvalue weighted by atomic mass is 14.7. The van der Waals surface area contributed by atoms with Gasteiger partial charge in [0.05, 0.1) is 0 Å². The summed E-state index contributed by atoms with van der Waals surface area (Å²) in [5.41, 5.74) is 7.85. The quantitative estimate of drug-likeness (QED) is 0.771. The van der Waals surface area contributed by atoms with Crippen molar-refractivity contribution in [3.63, 3.8) is 0 Å². The molecule has 1 fully saturated rings. The zero-order valence-electron chi connectivity index (χ0n) is 10.7. The van der Waals surface area contributed by atoms with Gasteiger partial charge in [-0.1, -0.05) is 43.9 Å². The molecule has 0 spiro atoms. The van der Waals surface area contributed by atoms with Crippen LogP contribution in [0.3, 0.4) is 0 Å². The monoisotopic (exact) mass is 240 g/mol. The lowest BCUT2D eigenvalue weighted by Gasteiger charge is -2.30. The van der Waals surface area contributed by atoms with Crippen molar-refractivity contribution in [1.29, 1.82) is 0 Å². The average Bonchev–Trinajstić information content (AvgIpc) is 2.64. The highest BCUT2D eigenvalue weighted by molar-refractivity contribution is 5.85. The first-order chi connectivity index (χ1) is 8.80. The van der Waals surface area contributed by atoms with Crippen LogP contribution < -0.4 is 5.73 Å². The van der Waals surface area contributed by atoms with E-state index in [1.807, 2.05) is 12.4 Å². The number of fused-ring (bicyclic) bond motifs is 1. The Kier molecular flexibility index (Phi) is 3.04. The lowest BCUT2D eigenvalue weighted by molar-refractivity contribution is 0.388. The molecule has 0 radical (unpaired) electrons. The molecule has 2 heteroatoms. The maximum Gasteiger partial charge on any atom is 0.0416 e. The number of nitrogens with two attached hydrogens (primary N) is 1. The third-order valence-electron chi connectivity index (χ3n) is 4.22. The zero-order valence-corrected chi connectivity index (χ0v) is 10.7. The fourth-order valence-electron chi connectivity index (χ4n) is 3.18. The zero-order chi connectivity index (χ0) is 12.4. The summed E-state index contributed by atoms with van der Waals surface area (Å²) in [6.45, 7) is 0. The normalized spacial score (nSPS) is 19.6. The van der Waals surface area contributed by atoms with Gasteiger partial charge in [-0.05, 0) is 29.9 Å². The van der Waals surface area contributed by atoms with Gasteiger partial charge in [-0.3, -0.25) is 4.98 Å². The molecule has 0 bridgehead atoms. The SMILES string of the molecule is NC1(c2cccc3ccncc23)CCCCCC1. The highest BCUT2D eigenvalue weighted by Crippen LogP contribution is 2.36. The topological polar surface area (TPSA) is 38.9 Å². The number of hydrogen-bond acceptors (Lipinski definition) is 2. The van der Waals surface area contributed by atoms with E-state index in [-0.39, 0.29) is 5.54 Å². The summed E-state index contributed by atoms with van der Waals surface area (Å²) in [4.78, 5) is 4.27. The van der Waals surface area contributed by atoms with Crippen molar-refractivity contribution in [3.8, 4) is 0 Å². The summed E-state index contributed by atoms with van der Waals surface area (Å²) in [5, 5.41) is 2.47. The summed E-state index contributed by atoms with van der Waals surface area (Å²) in [5.74, 6) is 0. The first-order valence-corrected chi connectivity index (χ1v) is 6.92. The number of rotatable bonds is 1. The van der Waals surface area contributed by atoms with Crippen LogP contribution in [0.1, 0.15) is 44.1 Å². The van der Waals surface area contributed by atoms with Crippen LogP contribution in [0.2, 0.25) is 0 Å². The first-order valence-electron chi connectivity index (χ1n) is 6.92. The standard InChI is InChI=1S/C16H20N2/c17-16(9-3-1-2-4-10-16)15-7-5-6-13-8-11-18-12-14(13)15/h5-8,11-12H,1-4,9-10,17H2. The van der Waals surface area contributed by atoms with Crippen LogP contribution in [0, 0.1) is 0 Å². The second-order valence-corrected chi connectivity index (χ2v) is 5.47. The van der Waals surface area contributed by atoms with Crippen molar-refractivity contribution in [2.24, 2.45) is 5.73 Å². The van der Waals surface area contributed by atoms with Crippen molar-refractivity contribution >= 4 is 10.8 Å². The van der Waals surface area contributed by atoms with Gasteiger partial charge >= 0.3 is 0 Å². The third kappa shape index (κ3) is 2.01. The van der Waals surface area contributed by atoms with Gasteiger partial charge in [0.2, 0.25) is 0 Å². The Bertz CT molecular complexity index is 534. The van der Waals surface area contributed by atoms with E-state index in [0.717, 1.165) is 12.8 Å². The van der Waals surface area contributed by atoms with E-state index < -0.39 is 0 Å². The van der Waals surface area contributed by atoms with Crippen LogP contribution in [-0.2, 0) is 5.54 Å². The predicted octanol–water partition coefficient (Wildman–Crippen LogP) is 3.74. The number of aromatic nitrogens is 1. The van der Waals surface area contributed by atoms with Gasteiger partial charge in [0, 0.05) is 23.3 Å². The van der Waals surface area contributed by atoms with Gasteiger partial charge < -0.3 is 5.73 Å². The molecule has 94 valence electrons. The van der Waals surface area contributed by atoms with Gasteiger partial charge in [0.1, 0.15) is 0 Å². The second-order valence-electron chi connectivity index (χ2n) is 5.47. The summed E-state index contributed by atoms with van der Waals surface area (Å²) >= 11 is 0. The van der Waals surface area contributed by atoms with Crippen LogP contribution in [0.4, 0.5) is 0 Å². The molecule has 0 saturated heterocycles. The third-order valence-corrected chi connectivity index (χ3v) is 4.22. The molecule has 0 atom stereocenters. The van der Waals surface area contributed by atoms with Crippen molar-refractivity contribution < 1.29 is 0 Å². The lowest BCUT2D eigenvalue weighted by Crippen LogP contribution is -2.36. The summed E-state index contributed by atoms with van der Waals surface area (Å²) in [6, 6.07) is 8.52. The molecule has 18 heavy (non-hydrogen) atoms. The maximum absolute atomic E-state index is 6.72. The molecule has 2 aromatic rings. The molecule has 0 unspecified atom stereocenters. The fraction of sp³-hybridized carbons (Fsp3) is 0.438. The number of benzene rings is 1. The molecule has 0 aliphatic heterocycles. The Hall–Kier alpha value is -1.41. The second kappa shape index (κ2) is 4.69. The molecular formula is C16H20N2. The minimum atomic E-state index is -0.154. The molecule has 1 heterocycles. The molecule has 1 aromatic heterocycles. The van der Waals surface area contributed by atoms with Crippen LogP contribution in [-0.4, -0.2) is 4.98 Å². The van der Waals surface area contributed by atoms with E-state index in [4.69, 9.17) is 5.73 Å². The maximum atomic E-state index is 6.72. The first kappa shape index (κ1) is 11.7. The van der Waals surface area contributed by atoms with E-state index in [1.165, 1.54) is 42.0 Å². The molecule has 1 saturated carbocycles. The highest BCUT2D eigenvalue weighted by Gasteiger charge is 2.29. The van der Waals surface area contributed by atoms with Gasteiger partial charge in [0.15, 0.2) is 0 Å². The Labute approximate surface area is 108 Å². The average molecular weight is 240 g/mol. The smallest absolute Gasteiger partial charge is 0.0416 e. The lowest BCUT2D eigenvalue weighted by atomic mass is 9.82. The molecule has 1 aliphatic carbocycles. The van der Waals surface area contributed by atoms with E-state index in [1.54, 1.807) is 0 Å². The number of pyridine rings is 1. The molecule has 1 aliphatic rings. The summed E-state index contributed by atoms with van der Waals surface area (Å²) < 4.78 is 0. The van der Waals surface area contributed by atoms with Crippen molar-refractivity contribution in [2.75, 3.05) is 0 Å². The molecule has 0 amide bonds. The molecule has 1 aromatic carbocycles. The number of hydrogen-bond donors (Lipinski definition) is 1. The van der Waals surface area contributed by atoms with Crippen LogP contribution in [0.25, 0.3) is 10.8 Å². The largest absolute Gasteiger partial charge is 0.321 e. The van der Waals surface area contributed by atoms with Crippen LogP contribution >= 0.6 is 0 Å². The minimum Gasteiger partial charge on any atom is -0.321 e. The minimum absolute atomic E-state index is 0.154. The van der Waals surface area contributed by atoms with E-state index in [0.29, 0.717) is 0 Å². The molecule has 2 N–H and O–H groups in total. The van der Waals surface area contributed by atoms with E-state index in [2.05, 4.69) is 29.2 Å². The Balaban J connectivity index is 2.12. The Morgan fingerprint density at radius 2 is 1.78 bits per heavy atom.